The Morgan fingerprint density at radius 1 is 1.29 bits per heavy atom. The summed E-state index contributed by atoms with van der Waals surface area (Å²) < 4.78 is 2.10. The lowest BCUT2D eigenvalue weighted by atomic mass is 10.1. The molecule has 2 heterocycles. The minimum absolute atomic E-state index is 0.714. The number of likely N-dealkylation sites (tertiary alicyclic amines) is 1. The van der Waals surface area contributed by atoms with Crippen LogP contribution in [0, 0.1) is 5.92 Å². The van der Waals surface area contributed by atoms with Crippen LogP contribution in [-0.4, -0.2) is 64.4 Å². The van der Waals surface area contributed by atoms with Crippen molar-refractivity contribution in [3.63, 3.8) is 0 Å². The summed E-state index contributed by atoms with van der Waals surface area (Å²) in [6.45, 7) is 10.2. The lowest BCUT2D eigenvalue weighted by Crippen LogP contribution is -2.39. The minimum atomic E-state index is 0.714. The molecule has 7 heteroatoms. The Hall–Kier alpha value is -1.63. The fraction of sp³-hybridized carbons (Fsp3) is 0.824. The molecule has 24 heavy (non-hydrogen) atoms. The first kappa shape index (κ1) is 17.2. The lowest BCUT2D eigenvalue weighted by molar-refractivity contribution is 0.315. The van der Waals surface area contributed by atoms with Gasteiger partial charge in [-0.2, -0.15) is 0 Å². The number of aryl methyl sites for hydroxylation is 1. The topological polar surface area (TPSA) is 70.4 Å². The van der Waals surface area contributed by atoms with Gasteiger partial charge in [0.05, 0.1) is 0 Å². The second kappa shape index (κ2) is 8.46. The van der Waals surface area contributed by atoms with E-state index >= 15 is 0 Å². The molecule has 2 N–H and O–H groups in total. The van der Waals surface area contributed by atoms with E-state index in [0.29, 0.717) is 5.92 Å². The Labute approximate surface area is 144 Å². The fourth-order valence-corrected chi connectivity index (χ4v) is 3.38. The Kier molecular flexibility index (Phi) is 6.07. The monoisotopic (exact) mass is 333 g/mol. The molecular formula is C17H31N7. The molecule has 134 valence electrons. The number of hydrogen-bond acceptors (Lipinski definition) is 4. The Balaban J connectivity index is 1.43. The highest BCUT2D eigenvalue weighted by atomic mass is 15.3. The van der Waals surface area contributed by atoms with Gasteiger partial charge in [0.15, 0.2) is 5.96 Å². The predicted octanol–water partition coefficient (Wildman–Crippen LogP) is 0.880. The van der Waals surface area contributed by atoms with E-state index in [9.17, 15) is 0 Å². The molecule has 0 bridgehead atoms. The maximum Gasteiger partial charge on any atom is 0.191 e. The van der Waals surface area contributed by atoms with Crippen LogP contribution in [-0.2, 0) is 13.0 Å². The van der Waals surface area contributed by atoms with E-state index in [0.717, 1.165) is 50.4 Å². The smallest absolute Gasteiger partial charge is 0.191 e. The molecule has 0 aromatic carbocycles. The summed E-state index contributed by atoms with van der Waals surface area (Å²) in [6.07, 6.45) is 6.81. The largest absolute Gasteiger partial charge is 0.357 e. The summed E-state index contributed by atoms with van der Waals surface area (Å²) in [7, 11) is 0. The van der Waals surface area contributed by atoms with Crippen molar-refractivity contribution in [1.82, 2.24) is 30.3 Å². The highest BCUT2D eigenvalue weighted by Crippen LogP contribution is 2.31. The number of aliphatic imine (C=N–C) groups is 1. The summed E-state index contributed by atoms with van der Waals surface area (Å²) >= 11 is 0. The van der Waals surface area contributed by atoms with Crippen molar-refractivity contribution in [3.8, 4) is 0 Å². The Bertz CT molecular complexity index is 535. The lowest BCUT2D eigenvalue weighted by Gasteiger charge is -2.15. The molecule has 1 unspecified atom stereocenters. The SMILES string of the molecule is CCNC(=NCC1CCN(C2CC2)C1)NCCn1cnnc1CC. The van der Waals surface area contributed by atoms with E-state index in [-0.39, 0.29) is 0 Å². The van der Waals surface area contributed by atoms with Gasteiger partial charge in [-0.15, -0.1) is 10.2 Å². The number of nitrogens with zero attached hydrogens (tertiary/aromatic N) is 5. The standard InChI is InChI=1S/C17H31N7/c1-3-16-22-21-13-24(16)10-8-19-17(18-4-2)20-11-14-7-9-23(12-14)15-5-6-15/h13-15H,3-12H2,1-2H3,(H2,18,19,20). The minimum Gasteiger partial charge on any atom is -0.357 e. The highest BCUT2D eigenvalue weighted by molar-refractivity contribution is 5.79. The van der Waals surface area contributed by atoms with Crippen molar-refractivity contribution in [2.24, 2.45) is 10.9 Å². The van der Waals surface area contributed by atoms with Crippen LogP contribution in [0.1, 0.15) is 38.9 Å². The molecule has 2 aliphatic rings. The van der Waals surface area contributed by atoms with Gasteiger partial charge in [-0.3, -0.25) is 4.99 Å². The van der Waals surface area contributed by atoms with E-state index < -0.39 is 0 Å². The first-order chi connectivity index (χ1) is 11.8. The zero-order valence-electron chi connectivity index (χ0n) is 15.0. The molecular weight excluding hydrogens is 302 g/mol. The Morgan fingerprint density at radius 3 is 2.92 bits per heavy atom. The van der Waals surface area contributed by atoms with Crippen LogP contribution in [0.15, 0.2) is 11.3 Å². The van der Waals surface area contributed by atoms with Crippen LogP contribution in [0.5, 0.6) is 0 Å². The second-order valence-corrected chi connectivity index (χ2v) is 6.82. The molecule has 3 rings (SSSR count). The quantitative estimate of drug-likeness (QED) is 0.546. The van der Waals surface area contributed by atoms with E-state index in [1.807, 2.05) is 0 Å². The van der Waals surface area contributed by atoms with Gasteiger partial charge in [0, 0.05) is 45.2 Å². The molecule has 1 atom stereocenters. The van der Waals surface area contributed by atoms with Crippen molar-refractivity contribution in [2.45, 2.75) is 52.1 Å². The van der Waals surface area contributed by atoms with Crippen molar-refractivity contribution in [2.75, 3.05) is 32.7 Å². The van der Waals surface area contributed by atoms with Gasteiger partial charge in [0.2, 0.25) is 0 Å². The third-order valence-corrected chi connectivity index (χ3v) is 4.89. The molecule has 0 radical (unpaired) electrons. The number of nitrogens with one attached hydrogen (secondary N) is 2. The van der Waals surface area contributed by atoms with Gasteiger partial charge in [0.25, 0.3) is 0 Å². The summed E-state index contributed by atoms with van der Waals surface area (Å²) in [4.78, 5) is 7.45. The number of rotatable bonds is 8. The second-order valence-electron chi connectivity index (χ2n) is 6.82. The van der Waals surface area contributed by atoms with Gasteiger partial charge >= 0.3 is 0 Å². The van der Waals surface area contributed by atoms with Gasteiger partial charge in [-0.1, -0.05) is 6.92 Å². The van der Waals surface area contributed by atoms with E-state index in [1.165, 1.54) is 32.4 Å². The Morgan fingerprint density at radius 2 is 2.17 bits per heavy atom. The fourth-order valence-electron chi connectivity index (χ4n) is 3.38. The van der Waals surface area contributed by atoms with Gasteiger partial charge < -0.3 is 20.1 Å². The molecule has 1 aromatic rings. The van der Waals surface area contributed by atoms with Gasteiger partial charge in [0.1, 0.15) is 12.2 Å². The third kappa shape index (κ3) is 4.69. The normalized spacial score (nSPS) is 22.1. The number of aromatic nitrogens is 3. The zero-order chi connectivity index (χ0) is 16.8. The van der Waals surface area contributed by atoms with Crippen LogP contribution in [0.3, 0.4) is 0 Å². The van der Waals surface area contributed by atoms with Gasteiger partial charge in [-0.05, 0) is 38.6 Å². The zero-order valence-corrected chi connectivity index (χ0v) is 15.0. The molecule has 0 spiro atoms. The van der Waals surface area contributed by atoms with E-state index in [4.69, 9.17) is 4.99 Å². The average molecular weight is 333 g/mol. The van der Waals surface area contributed by atoms with Crippen molar-refractivity contribution >= 4 is 5.96 Å². The number of guanidine groups is 1. The van der Waals surface area contributed by atoms with Crippen LogP contribution in [0.25, 0.3) is 0 Å². The first-order valence-electron chi connectivity index (χ1n) is 9.43. The molecule has 7 nitrogen and oxygen atoms in total. The van der Waals surface area contributed by atoms with Crippen molar-refractivity contribution in [3.05, 3.63) is 12.2 Å². The van der Waals surface area contributed by atoms with Crippen LogP contribution in [0.4, 0.5) is 0 Å². The first-order valence-corrected chi connectivity index (χ1v) is 9.43. The number of hydrogen-bond donors (Lipinski definition) is 2. The molecule has 1 saturated heterocycles. The van der Waals surface area contributed by atoms with Crippen LogP contribution in [0.2, 0.25) is 0 Å². The van der Waals surface area contributed by atoms with Crippen molar-refractivity contribution in [1.29, 1.82) is 0 Å². The molecule has 1 saturated carbocycles. The summed E-state index contributed by atoms with van der Waals surface area (Å²) in [5.41, 5.74) is 0. The molecule has 1 aliphatic carbocycles. The predicted molar refractivity (Wildman–Crippen MR) is 96.1 cm³/mol. The summed E-state index contributed by atoms with van der Waals surface area (Å²) in [5.74, 6) is 2.67. The highest BCUT2D eigenvalue weighted by Gasteiger charge is 2.34. The maximum atomic E-state index is 4.80. The van der Waals surface area contributed by atoms with E-state index in [2.05, 4.69) is 44.1 Å². The average Bonchev–Trinajstić information content (AvgIpc) is 3.16. The molecule has 1 aromatic heterocycles. The van der Waals surface area contributed by atoms with Crippen LogP contribution >= 0.6 is 0 Å². The maximum absolute atomic E-state index is 4.80. The van der Waals surface area contributed by atoms with E-state index in [1.54, 1.807) is 6.33 Å². The molecule has 1 aliphatic heterocycles. The third-order valence-electron chi connectivity index (χ3n) is 4.89. The summed E-state index contributed by atoms with van der Waals surface area (Å²) in [5, 5.41) is 14.9. The van der Waals surface area contributed by atoms with Crippen molar-refractivity contribution < 1.29 is 0 Å². The summed E-state index contributed by atoms with van der Waals surface area (Å²) in [6, 6.07) is 0.891. The van der Waals surface area contributed by atoms with Gasteiger partial charge in [-0.25, -0.2) is 0 Å². The molecule has 2 fully saturated rings. The van der Waals surface area contributed by atoms with Crippen LogP contribution < -0.4 is 10.6 Å². The molecule has 0 amide bonds.